The molecule has 0 aliphatic heterocycles. The van der Waals surface area contributed by atoms with E-state index in [1.54, 1.807) is 7.05 Å². The van der Waals surface area contributed by atoms with Gasteiger partial charge in [-0.3, -0.25) is 9.79 Å². The number of nitrogens with one attached hydrogen (secondary N) is 3. The van der Waals surface area contributed by atoms with Crippen molar-refractivity contribution in [3.63, 3.8) is 0 Å². The summed E-state index contributed by atoms with van der Waals surface area (Å²) in [6, 6.07) is 8.28. The number of nitrogens with zero attached hydrogens (tertiary/aromatic N) is 1. The molecule has 0 atom stereocenters. The van der Waals surface area contributed by atoms with Crippen LogP contribution in [0.1, 0.15) is 51.0 Å². The Morgan fingerprint density at radius 1 is 1.11 bits per heavy atom. The maximum atomic E-state index is 11.6. The van der Waals surface area contributed by atoms with E-state index < -0.39 is 0 Å². The van der Waals surface area contributed by atoms with Crippen molar-refractivity contribution in [2.24, 2.45) is 4.99 Å². The molecule has 0 unspecified atom stereocenters. The largest absolute Gasteiger partial charge is 0.484 e. The van der Waals surface area contributed by atoms with Gasteiger partial charge in [-0.25, -0.2) is 0 Å². The fourth-order valence-electron chi connectivity index (χ4n) is 2.70. The number of carbonyl (C=O) groups is 1. The van der Waals surface area contributed by atoms with Crippen LogP contribution < -0.4 is 20.7 Å². The van der Waals surface area contributed by atoms with Gasteiger partial charge in [0.2, 0.25) is 0 Å². The fraction of sp³-hybridized carbons (Fsp3) is 0.619. The Labute approximate surface area is 186 Å². The molecule has 1 fully saturated rings. The SMILES string of the molecule is CCCCCCNC(=NC)NCCc1ccc(OCC(=O)NC2CC2)cc1.I. The molecular weight excluding hydrogens is 467 g/mol. The van der Waals surface area contributed by atoms with Crippen LogP contribution in [0.3, 0.4) is 0 Å². The summed E-state index contributed by atoms with van der Waals surface area (Å²) in [5.41, 5.74) is 1.22. The van der Waals surface area contributed by atoms with Crippen LogP contribution in [0.5, 0.6) is 5.75 Å². The highest BCUT2D eigenvalue weighted by Crippen LogP contribution is 2.18. The second-order valence-electron chi connectivity index (χ2n) is 7.01. The maximum Gasteiger partial charge on any atom is 0.258 e. The van der Waals surface area contributed by atoms with E-state index in [0.717, 1.165) is 44.1 Å². The number of halogens is 1. The highest BCUT2D eigenvalue weighted by molar-refractivity contribution is 14.0. The highest BCUT2D eigenvalue weighted by atomic mass is 127. The van der Waals surface area contributed by atoms with E-state index in [0.29, 0.717) is 6.04 Å². The van der Waals surface area contributed by atoms with Gasteiger partial charge in [0.05, 0.1) is 0 Å². The van der Waals surface area contributed by atoms with E-state index in [1.807, 2.05) is 24.3 Å². The van der Waals surface area contributed by atoms with Gasteiger partial charge >= 0.3 is 0 Å². The van der Waals surface area contributed by atoms with Gasteiger partial charge in [-0.2, -0.15) is 0 Å². The fourth-order valence-corrected chi connectivity index (χ4v) is 2.70. The van der Waals surface area contributed by atoms with Crippen molar-refractivity contribution >= 4 is 35.8 Å². The minimum absolute atomic E-state index is 0. The Bertz CT molecular complexity index is 589. The predicted octanol–water partition coefficient (Wildman–Crippen LogP) is 3.25. The van der Waals surface area contributed by atoms with E-state index in [2.05, 4.69) is 27.9 Å². The molecule has 1 amide bonds. The van der Waals surface area contributed by atoms with Crippen molar-refractivity contribution < 1.29 is 9.53 Å². The van der Waals surface area contributed by atoms with E-state index in [4.69, 9.17) is 4.74 Å². The van der Waals surface area contributed by atoms with Crippen LogP contribution in [0.25, 0.3) is 0 Å². The first-order chi connectivity index (χ1) is 13.2. The molecule has 1 saturated carbocycles. The third kappa shape index (κ3) is 10.7. The van der Waals surface area contributed by atoms with Crippen LogP contribution in [0.4, 0.5) is 0 Å². The number of aliphatic imine (C=N–C) groups is 1. The third-order valence-electron chi connectivity index (χ3n) is 4.49. The number of rotatable bonds is 12. The molecule has 158 valence electrons. The molecule has 3 N–H and O–H groups in total. The van der Waals surface area contributed by atoms with Crippen molar-refractivity contribution in [1.82, 2.24) is 16.0 Å². The number of hydrogen-bond donors (Lipinski definition) is 3. The second-order valence-corrected chi connectivity index (χ2v) is 7.01. The van der Waals surface area contributed by atoms with Crippen molar-refractivity contribution in [3.8, 4) is 5.75 Å². The number of benzene rings is 1. The van der Waals surface area contributed by atoms with Crippen LogP contribution in [0, 0.1) is 0 Å². The second kappa shape index (κ2) is 14.5. The van der Waals surface area contributed by atoms with Crippen LogP contribution >= 0.6 is 24.0 Å². The van der Waals surface area contributed by atoms with Crippen LogP contribution in [-0.4, -0.2) is 44.7 Å². The minimum Gasteiger partial charge on any atom is -0.484 e. The Balaban J connectivity index is 0.00000392. The Morgan fingerprint density at radius 2 is 1.82 bits per heavy atom. The van der Waals surface area contributed by atoms with Gasteiger partial charge in [-0.05, 0) is 43.4 Å². The summed E-state index contributed by atoms with van der Waals surface area (Å²) in [6.07, 6.45) is 8.06. The summed E-state index contributed by atoms with van der Waals surface area (Å²) in [4.78, 5) is 15.9. The van der Waals surface area contributed by atoms with E-state index in [9.17, 15) is 4.79 Å². The standard InChI is InChI=1S/C21H34N4O2.HI/c1-3-4-5-6-14-23-21(22-2)24-15-13-17-7-11-19(12-8-17)27-16-20(26)25-18-9-10-18;/h7-8,11-12,18H,3-6,9-10,13-16H2,1-2H3,(H,25,26)(H2,22,23,24);1H. The molecule has 1 aliphatic carbocycles. The summed E-state index contributed by atoms with van der Waals surface area (Å²) in [6.45, 7) is 4.08. The Kier molecular flexibility index (Phi) is 12.7. The number of ether oxygens (including phenoxy) is 1. The van der Waals surface area contributed by atoms with Gasteiger partial charge in [0.25, 0.3) is 5.91 Å². The van der Waals surface area contributed by atoms with Gasteiger partial charge in [-0.15, -0.1) is 24.0 Å². The lowest BCUT2D eigenvalue weighted by Crippen LogP contribution is -2.38. The number of hydrogen-bond acceptors (Lipinski definition) is 3. The predicted molar refractivity (Wildman–Crippen MR) is 126 cm³/mol. The van der Waals surface area contributed by atoms with Crippen molar-refractivity contribution in [2.45, 2.75) is 57.9 Å². The smallest absolute Gasteiger partial charge is 0.258 e. The first-order valence-electron chi connectivity index (χ1n) is 10.2. The topological polar surface area (TPSA) is 74.8 Å². The lowest BCUT2D eigenvalue weighted by molar-refractivity contribution is -0.123. The van der Waals surface area contributed by atoms with E-state index in [1.165, 1.54) is 31.2 Å². The lowest BCUT2D eigenvalue weighted by Gasteiger charge is -2.12. The maximum absolute atomic E-state index is 11.6. The van der Waals surface area contributed by atoms with Gasteiger partial charge < -0.3 is 20.7 Å². The number of unbranched alkanes of at least 4 members (excludes halogenated alkanes) is 3. The van der Waals surface area contributed by atoms with Crippen molar-refractivity contribution in [1.29, 1.82) is 0 Å². The van der Waals surface area contributed by atoms with E-state index >= 15 is 0 Å². The van der Waals surface area contributed by atoms with Crippen molar-refractivity contribution in [2.75, 3.05) is 26.7 Å². The van der Waals surface area contributed by atoms with Crippen LogP contribution in [-0.2, 0) is 11.2 Å². The Morgan fingerprint density at radius 3 is 2.46 bits per heavy atom. The minimum atomic E-state index is -0.0423. The van der Waals surface area contributed by atoms with Gasteiger partial charge in [-0.1, -0.05) is 38.3 Å². The molecule has 7 heteroatoms. The summed E-state index contributed by atoms with van der Waals surface area (Å²) in [7, 11) is 1.80. The molecule has 2 rings (SSSR count). The van der Waals surface area contributed by atoms with Gasteiger partial charge in [0.1, 0.15) is 5.75 Å². The molecule has 1 aromatic rings. The summed E-state index contributed by atoms with van der Waals surface area (Å²) in [5.74, 6) is 1.54. The molecule has 0 spiro atoms. The summed E-state index contributed by atoms with van der Waals surface area (Å²) in [5, 5.41) is 9.61. The average molecular weight is 502 g/mol. The van der Waals surface area contributed by atoms with Crippen molar-refractivity contribution in [3.05, 3.63) is 29.8 Å². The third-order valence-corrected chi connectivity index (χ3v) is 4.49. The number of carbonyl (C=O) groups excluding carboxylic acids is 1. The molecular formula is C21H35IN4O2. The van der Waals surface area contributed by atoms with Crippen LogP contribution in [0.2, 0.25) is 0 Å². The molecule has 0 aromatic heterocycles. The summed E-state index contributed by atoms with van der Waals surface area (Å²) < 4.78 is 5.53. The molecule has 6 nitrogen and oxygen atoms in total. The monoisotopic (exact) mass is 502 g/mol. The summed E-state index contributed by atoms with van der Waals surface area (Å²) >= 11 is 0. The molecule has 1 aliphatic rings. The zero-order valence-electron chi connectivity index (χ0n) is 17.1. The molecule has 28 heavy (non-hydrogen) atoms. The van der Waals surface area contributed by atoms with Gasteiger partial charge in [0, 0.05) is 26.2 Å². The molecule has 0 heterocycles. The molecule has 0 radical (unpaired) electrons. The normalized spacial score (nSPS) is 13.4. The van der Waals surface area contributed by atoms with Crippen LogP contribution in [0.15, 0.2) is 29.3 Å². The molecule has 0 saturated heterocycles. The first-order valence-corrected chi connectivity index (χ1v) is 10.2. The molecule has 0 bridgehead atoms. The zero-order chi connectivity index (χ0) is 19.3. The van der Waals surface area contributed by atoms with E-state index in [-0.39, 0.29) is 36.5 Å². The zero-order valence-corrected chi connectivity index (χ0v) is 19.5. The average Bonchev–Trinajstić information content (AvgIpc) is 3.49. The first kappa shape index (κ1) is 24.5. The lowest BCUT2D eigenvalue weighted by atomic mass is 10.1. The Hall–Kier alpha value is -1.51. The quantitative estimate of drug-likeness (QED) is 0.178. The molecule has 1 aromatic carbocycles. The number of amides is 1. The number of guanidine groups is 1. The van der Waals surface area contributed by atoms with Gasteiger partial charge in [0.15, 0.2) is 12.6 Å². The highest BCUT2D eigenvalue weighted by Gasteiger charge is 2.23.